The maximum Gasteiger partial charge on any atom is 0.312 e. The maximum atomic E-state index is 13.5. The van der Waals surface area contributed by atoms with Crippen LogP contribution in [0.25, 0.3) is 0 Å². The zero-order valence-corrected chi connectivity index (χ0v) is 13.9. The number of nitrogens with one attached hydrogen (secondary N) is 1. The Morgan fingerprint density at radius 1 is 1.33 bits per heavy atom. The van der Waals surface area contributed by atoms with E-state index in [9.17, 15) is 24.0 Å². The summed E-state index contributed by atoms with van der Waals surface area (Å²) in [4.78, 5) is 11.5. The minimum Gasteiger partial charge on any atom is -0.502 e. The van der Waals surface area contributed by atoms with Crippen molar-refractivity contribution in [1.29, 1.82) is 5.26 Å². The van der Waals surface area contributed by atoms with Crippen molar-refractivity contribution in [2.75, 3.05) is 26.2 Å². The first-order valence-corrected chi connectivity index (χ1v) is 6.60. The monoisotopic (exact) mass is 384 g/mol. The van der Waals surface area contributed by atoms with E-state index in [1.54, 1.807) is 6.07 Å². The van der Waals surface area contributed by atoms with Crippen LogP contribution in [0, 0.1) is 21.4 Å². The highest BCUT2D eigenvalue weighted by molar-refractivity contribution is 5.85. The zero-order chi connectivity index (χ0) is 16.3. The van der Waals surface area contributed by atoms with Crippen LogP contribution >= 0.6 is 24.8 Å². The molecule has 24 heavy (non-hydrogen) atoms. The van der Waals surface area contributed by atoms with E-state index in [-0.39, 0.29) is 35.9 Å². The molecule has 1 aromatic carbocycles. The number of piperazine rings is 1. The number of nitro groups is 1. The number of alkyl halides is 2. The average molecular weight is 385 g/mol. The molecule has 0 unspecified atom stereocenters. The standard InChI is InChI=1S/C13H14F2N4O3.2ClH/c14-13(15)11(18-3-1-17-2-4-18)9-5-8(7-16)6-10(12(9)20)19(21)22;;/h5-6,11,13,17,20H,1-4H2;2*1H/t11-;;/m1../s1. The Morgan fingerprint density at radius 2 is 1.92 bits per heavy atom. The number of rotatable bonds is 4. The van der Waals surface area contributed by atoms with Gasteiger partial charge < -0.3 is 10.4 Å². The zero-order valence-electron chi connectivity index (χ0n) is 12.3. The van der Waals surface area contributed by atoms with Gasteiger partial charge in [-0.1, -0.05) is 0 Å². The maximum absolute atomic E-state index is 13.5. The van der Waals surface area contributed by atoms with Crippen LogP contribution < -0.4 is 5.32 Å². The SMILES string of the molecule is Cl.Cl.N#Cc1cc([C@H](C(F)F)N2CCNCC2)c(O)c([N+](=O)[O-])c1. The van der Waals surface area contributed by atoms with Crippen LogP contribution in [0.15, 0.2) is 12.1 Å². The normalized spacial score (nSPS) is 15.8. The first-order chi connectivity index (χ1) is 10.5. The topological polar surface area (TPSA) is 102 Å². The molecule has 0 saturated carbocycles. The van der Waals surface area contributed by atoms with Gasteiger partial charge in [-0.15, -0.1) is 24.8 Å². The third-order valence-electron chi connectivity index (χ3n) is 3.55. The average Bonchev–Trinajstić information content (AvgIpc) is 2.49. The van der Waals surface area contributed by atoms with Crippen molar-refractivity contribution in [3.63, 3.8) is 0 Å². The predicted molar refractivity (Wildman–Crippen MR) is 87.2 cm³/mol. The molecule has 7 nitrogen and oxygen atoms in total. The van der Waals surface area contributed by atoms with Crippen molar-refractivity contribution >= 4 is 30.5 Å². The Kier molecular flexibility index (Phi) is 8.85. The third kappa shape index (κ3) is 4.64. The molecule has 1 aromatic rings. The molecule has 0 amide bonds. The number of hydrogen-bond donors (Lipinski definition) is 2. The number of halogens is 4. The molecule has 0 radical (unpaired) electrons. The van der Waals surface area contributed by atoms with Crippen molar-refractivity contribution in [2.24, 2.45) is 0 Å². The number of phenols is 1. The second kappa shape index (κ2) is 9.54. The van der Waals surface area contributed by atoms with Crippen LogP contribution in [0.4, 0.5) is 14.5 Å². The Labute approximate surface area is 149 Å². The molecule has 0 bridgehead atoms. The van der Waals surface area contributed by atoms with Crippen molar-refractivity contribution in [3.05, 3.63) is 33.4 Å². The minimum atomic E-state index is -2.85. The fraction of sp³-hybridized carbons (Fsp3) is 0.462. The lowest BCUT2D eigenvalue weighted by Crippen LogP contribution is -2.47. The van der Waals surface area contributed by atoms with Gasteiger partial charge in [0.25, 0.3) is 6.43 Å². The fourth-order valence-electron chi connectivity index (χ4n) is 2.52. The second-order valence-corrected chi connectivity index (χ2v) is 4.87. The van der Waals surface area contributed by atoms with E-state index in [4.69, 9.17) is 5.26 Å². The van der Waals surface area contributed by atoms with E-state index in [1.807, 2.05) is 0 Å². The van der Waals surface area contributed by atoms with E-state index in [1.165, 1.54) is 4.90 Å². The number of nitriles is 1. The summed E-state index contributed by atoms with van der Waals surface area (Å²) >= 11 is 0. The molecule has 0 aromatic heterocycles. The van der Waals surface area contributed by atoms with Gasteiger partial charge in [-0.2, -0.15) is 5.26 Å². The van der Waals surface area contributed by atoms with Gasteiger partial charge in [-0.25, -0.2) is 8.78 Å². The first kappa shape index (κ1) is 22.3. The lowest BCUT2D eigenvalue weighted by Gasteiger charge is -2.34. The van der Waals surface area contributed by atoms with Crippen LogP contribution in [0.3, 0.4) is 0 Å². The van der Waals surface area contributed by atoms with Crippen LogP contribution in [-0.2, 0) is 0 Å². The summed E-state index contributed by atoms with van der Waals surface area (Å²) in [5.41, 5.74) is -1.17. The molecule has 2 rings (SSSR count). The van der Waals surface area contributed by atoms with Crippen LogP contribution in [-0.4, -0.2) is 47.5 Å². The molecule has 1 aliphatic rings. The molecule has 1 saturated heterocycles. The van der Waals surface area contributed by atoms with E-state index in [2.05, 4.69) is 5.32 Å². The molecule has 1 aliphatic heterocycles. The highest BCUT2D eigenvalue weighted by Gasteiger charge is 2.35. The number of nitrogens with zero attached hydrogens (tertiary/aromatic N) is 3. The number of phenolic OH excluding ortho intramolecular Hbond substituents is 1. The molecule has 2 N–H and O–H groups in total. The Balaban J connectivity index is 0.00000264. The molecule has 134 valence electrons. The third-order valence-corrected chi connectivity index (χ3v) is 3.55. The Bertz CT molecular complexity index is 622. The van der Waals surface area contributed by atoms with Crippen molar-refractivity contribution in [3.8, 4) is 11.8 Å². The molecule has 1 heterocycles. The summed E-state index contributed by atoms with van der Waals surface area (Å²) in [6.45, 7) is 1.64. The van der Waals surface area contributed by atoms with Crippen molar-refractivity contribution < 1.29 is 18.8 Å². The molecule has 11 heteroatoms. The quantitative estimate of drug-likeness (QED) is 0.609. The van der Waals surface area contributed by atoms with E-state index in [0.717, 1.165) is 12.1 Å². The van der Waals surface area contributed by atoms with Gasteiger partial charge in [0.2, 0.25) is 0 Å². The molecule has 1 fully saturated rings. The largest absolute Gasteiger partial charge is 0.502 e. The van der Waals surface area contributed by atoms with Crippen molar-refractivity contribution in [1.82, 2.24) is 10.2 Å². The number of aromatic hydroxyl groups is 1. The summed E-state index contributed by atoms with van der Waals surface area (Å²) in [6, 6.07) is 2.16. The fourth-order valence-corrected chi connectivity index (χ4v) is 2.52. The van der Waals surface area contributed by atoms with Crippen LogP contribution in [0.1, 0.15) is 17.2 Å². The number of benzene rings is 1. The molecule has 1 atom stereocenters. The molecule has 0 aliphatic carbocycles. The van der Waals surface area contributed by atoms with E-state index in [0.29, 0.717) is 26.2 Å². The van der Waals surface area contributed by atoms with Gasteiger partial charge in [-0.05, 0) is 6.07 Å². The van der Waals surface area contributed by atoms with Crippen molar-refractivity contribution in [2.45, 2.75) is 12.5 Å². The van der Waals surface area contributed by atoms with Gasteiger partial charge >= 0.3 is 5.69 Å². The van der Waals surface area contributed by atoms with Gasteiger partial charge in [0.05, 0.1) is 16.6 Å². The summed E-state index contributed by atoms with van der Waals surface area (Å²) in [6.07, 6.45) is -2.85. The van der Waals surface area contributed by atoms with Gasteiger partial charge in [0, 0.05) is 37.8 Å². The lowest BCUT2D eigenvalue weighted by atomic mass is 10.00. The highest BCUT2D eigenvalue weighted by Crippen LogP contribution is 2.39. The number of nitro benzene ring substituents is 1. The summed E-state index contributed by atoms with van der Waals surface area (Å²) in [5, 5.41) is 32.9. The second-order valence-electron chi connectivity index (χ2n) is 4.87. The van der Waals surface area contributed by atoms with Gasteiger partial charge in [-0.3, -0.25) is 15.0 Å². The van der Waals surface area contributed by atoms with Gasteiger partial charge in [0.15, 0.2) is 5.75 Å². The summed E-state index contributed by atoms with van der Waals surface area (Å²) in [5.74, 6) is -0.812. The van der Waals surface area contributed by atoms with Gasteiger partial charge in [0.1, 0.15) is 6.04 Å². The van der Waals surface area contributed by atoms with Crippen LogP contribution in [0.2, 0.25) is 0 Å². The first-order valence-electron chi connectivity index (χ1n) is 6.60. The highest BCUT2D eigenvalue weighted by atomic mass is 35.5. The van der Waals surface area contributed by atoms with Crippen LogP contribution in [0.5, 0.6) is 5.75 Å². The Morgan fingerprint density at radius 3 is 2.38 bits per heavy atom. The molecular formula is C13H16Cl2F2N4O3. The Hall–Kier alpha value is -1.73. The summed E-state index contributed by atoms with van der Waals surface area (Å²) < 4.78 is 27.0. The van der Waals surface area contributed by atoms with E-state index < -0.39 is 28.8 Å². The summed E-state index contributed by atoms with van der Waals surface area (Å²) in [7, 11) is 0. The minimum absolute atomic E-state index is 0. The smallest absolute Gasteiger partial charge is 0.312 e. The molecule has 0 spiro atoms. The van der Waals surface area contributed by atoms with E-state index >= 15 is 0 Å². The lowest BCUT2D eigenvalue weighted by molar-refractivity contribution is -0.386. The number of hydrogen-bond acceptors (Lipinski definition) is 6. The predicted octanol–water partition coefficient (Wildman–Crippen LogP) is 2.23. The molecular weight excluding hydrogens is 369 g/mol.